The predicted octanol–water partition coefficient (Wildman–Crippen LogP) is 0.937. The molecule has 1 aliphatic rings. The molecule has 2 heterocycles. The number of nitrogens with one attached hydrogen (secondary N) is 1. The maximum absolute atomic E-state index is 12.8. The predicted molar refractivity (Wildman–Crippen MR) is 89.3 cm³/mol. The number of hydrogen-bond donors (Lipinski definition) is 1. The van der Waals surface area contributed by atoms with Crippen LogP contribution in [-0.4, -0.2) is 77.2 Å². The number of alkyl halides is 2. The van der Waals surface area contributed by atoms with Gasteiger partial charge in [-0.05, 0) is 20.9 Å². The molecule has 25 heavy (non-hydrogen) atoms. The summed E-state index contributed by atoms with van der Waals surface area (Å²) in [7, 11) is 1.71. The Morgan fingerprint density at radius 3 is 2.76 bits per heavy atom. The molecule has 1 amide bonds. The first-order valence-electron chi connectivity index (χ1n) is 8.37. The van der Waals surface area contributed by atoms with Crippen LogP contribution in [0.25, 0.3) is 0 Å². The van der Waals surface area contributed by atoms with E-state index in [1.54, 1.807) is 11.9 Å². The quantitative estimate of drug-likeness (QED) is 0.748. The number of nitrogens with zero attached hydrogens (tertiary/aromatic N) is 4. The van der Waals surface area contributed by atoms with E-state index in [0.717, 1.165) is 17.7 Å². The van der Waals surface area contributed by atoms with Crippen molar-refractivity contribution in [3.8, 4) is 0 Å². The summed E-state index contributed by atoms with van der Waals surface area (Å²) in [5, 5.41) is 2.93. The van der Waals surface area contributed by atoms with Crippen molar-refractivity contribution in [2.24, 2.45) is 0 Å². The summed E-state index contributed by atoms with van der Waals surface area (Å²) in [5.74, 6) is 0.0953. The van der Waals surface area contributed by atoms with Crippen LogP contribution in [0.4, 0.5) is 8.78 Å². The van der Waals surface area contributed by atoms with Gasteiger partial charge in [0.15, 0.2) is 0 Å². The highest BCUT2D eigenvalue weighted by Gasteiger charge is 2.28. The summed E-state index contributed by atoms with van der Waals surface area (Å²) < 4.78 is 31.8. The number of carbonyl (C=O) groups is 1. The van der Waals surface area contributed by atoms with Gasteiger partial charge in [0, 0.05) is 37.6 Å². The molecular formula is C16H27F2N5O2. The molecule has 1 aromatic heterocycles. The van der Waals surface area contributed by atoms with Crippen LogP contribution in [0.15, 0.2) is 12.4 Å². The molecular weight excluding hydrogens is 332 g/mol. The van der Waals surface area contributed by atoms with Gasteiger partial charge in [0.05, 0.1) is 26.3 Å². The van der Waals surface area contributed by atoms with Gasteiger partial charge < -0.3 is 10.1 Å². The summed E-state index contributed by atoms with van der Waals surface area (Å²) in [6.45, 7) is 5.46. The van der Waals surface area contributed by atoms with E-state index in [1.165, 1.54) is 12.4 Å². The van der Waals surface area contributed by atoms with Crippen LogP contribution in [0.2, 0.25) is 0 Å². The van der Waals surface area contributed by atoms with Crippen molar-refractivity contribution in [1.82, 2.24) is 24.7 Å². The summed E-state index contributed by atoms with van der Waals surface area (Å²) in [6, 6.07) is 0. The van der Waals surface area contributed by atoms with Crippen LogP contribution in [0.1, 0.15) is 26.2 Å². The third kappa shape index (κ3) is 5.72. The molecule has 142 valence electrons. The molecule has 0 aromatic carbocycles. The molecule has 1 saturated heterocycles. The lowest BCUT2D eigenvalue weighted by atomic mass is 10.0. The zero-order valence-corrected chi connectivity index (χ0v) is 15.0. The zero-order chi connectivity index (χ0) is 18.4. The molecule has 0 saturated carbocycles. The van der Waals surface area contributed by atoms with E-state index in [2.05, 4.69) is 29.0 Å². The number of likely N-dealkylation sites (N-methyl/N-ethyl adjacent to an activating group) is 1. The number of imidazole rings is 1. The van der Waals surface area contributed by atoms with Crippen molar-refractivity contribution in [2.75, 3.05) is 46.4 Å². The van der Waals surface area contributed by atoms with Crippen LogP contribution in [0.5, 0.6) is 0 Å². The molecule has 9 heteroatoms. The highest BCUT2D eigenvalue weighted by molar-refractivity contribution is 5.78. The lowest BCUT2D eigenvalue weighted by Crippen LogP contribution is -2.56. The Morgan fingerprint density at radius 1 is 1.44 bits per heavy atom. The van der Waals surface area contributed by atoms with Crippen LogP contribution < -0.4 is 5.32 Å². The monoisotopic (exact) mass is 359 g/mol. The average Bonchev–Trinajstić information content (AvgIpc) is 3.02. The summed E-state index contributed by atoms with van der Waals surface area (Å²) in [4.78, 5) is 20.0. The van der Waals surface area contributed by atoms with Gasteiger partial charge in [-0.2, -0.15) is 8.78 Å². The van der Waals surface area contributed by atoms with Crippen LogP contribution in [-0.2, 0) is 16.1 Å². The van der Waals surface area contributed by atoms with Gasteiger partial charge in [-0.15, -0.1) is 0 Å². The normalized spacial score (nSPS) is 16.6. The minimum atomic E-state index is -2.63. The zero-order valence-electron chi connectivity index (χ0n) is 15.0. The fourth-order valence-corrected chi connectivity index (χ4v) is 2.84. The smallest absolute Gasteiger partial charge is 0.319 e. The second-order valence-corrected chi connectivity index (χ2v) is 6.89. The summed E-state index contributed by atoms with van der Waals surface area (Å²) in [5.41, 5.74) is -0.163. The van der Waals surface area contributed by atoms with Gasteiger partial charge in [-0.25, -0.2) is 4.98 Å². The fraction of sp³-hybridized carbons (Fsp3) is 0.750. The molecule has 0 unspecified atom stereocenters. The lowest BCUT2D eigenvalue weighted by Gasteiger charge is -2.40. The number of aromatic nitrogens is 2. The molecule has 1 N–H and O–H groups in total. The van der Waals surface area contributed by atoms with E-state index < -0.39 is 6.55 Å². The number of amides is 1. The van der Waals surface area contributed by atoms with E-state index in [0.29, 0.717) is 19.8 Å². The molecule has 2 rings (SSSR count). The Morgan fingerprint density at radius 2 is 2.12 bits per heavy atom. The topological polar surface area (TPSA) is 62.6 Å². The molecule has 0 aliphatic carbocycles. The number of halogens is 2. The Labute approximate surface area is 146 Å². The molecule has 0 radical (unpaired) electrons. The number of hydrogen-bond acceptors (Lipinski definition) is 5. The standard InChI is InChI=1S/C16H27F2N5O2/c1-16(2,22-6-8-25-9-7-22)12-20-14(24)11-21(3)10-13-19-4-5-23(13)15(17)18/h4-5,15H,6-12H2,1-3H3,(H,20,24). The number of morpholine rings is 1. The van der Waals surface area contributed by atoms with E-state index in [4.69, 9.17) is 4.74 Å². The van der Waals surface area contributed by atoms with Gasteiger partial charge >= 0.3 is 6.55 Å². The van der Waals surface area contributed by atoms with Crippen molar-refractivity contribution >= 4 is 5.91 Å². The Bertz CT molecular complexity index is 558. The molecule has 1 aromatic rings. The minimum Gasteiger partial charge on any atom is -0.379 e. The van der Waals surface area contributed by atoms with E-state index in [-0.39, 0.29) is 30.4 Å². The van der Waals surface area contributed by atoms with Gasteiger partial charge in [0.25, 0.3) is 0 Å². The van der Waals surface area contributed by atoms with Crippen LogP contribution >= 0.6 is 0 Å². The first-order chi connectivity index (χ1) is 11.8. The first kappa shape index (κ1) is 19.7. The maximum atomic E-state index is 12.8. The van der Waals surface area contributed by atoms with Crippen LogP contribution in [0.3, 0.4) is 0 Å². The second-order valence-electron chi connectivity index (χ2n) is 6.89. The Kier molecular flexibility index (Phi) is 6.86. The number of rotatable bonds is 8. The van der Waals surface area contributed by atoms with Gasteiger partial charge in [0.2, 0.25) is 5.91 Å². The average molecular weight is 359 g/mol. The highest BCUT2D eigenvalue weighted by Crippen LogP contribution is 2.15. The Balaban J connectivity index is 1.78. The van der Waals surface area contributed by atoms with E-state index in [9.17, 15) is 13.6 Å². The third-order valence-corrected chi connectivity index (χ3v) is 4.37. The van der Waals surface area contributed by atoms with Crippen molar-refractivity contribution in [3.63, 3.8) is 0 Å². The van der Waals surface area contributed by atoms with E-state index in [1.807, 2.05) is 0 Å². The SMILES string of the molecule is CN(CC(=O)NCC(C)(C)N1CCOCC1)Cc1nccn1C(F)F. The van der Waals surface area contributed by atoms with Crippen molar-refractivity contribution in [1.29, 1.82) is 0 Å². The first-order valence-corrected chi connectivity index (χ1v) is 8.37. The Hall–Kier alpha value is -1.58. The third-order valence-electron chi connectivity index (χ3n) is 4.37. The van der Waals surface area contributed by atoms with Gasteiger partial charge in [-0.3, -0.25) is 19.2 Å². The summed E-state index contributed by atoms with van der Waals surface area (Å²) >= 11 is 0. The molecule has 1 fully saturated rings. The van der Waals surface area contributed by atoms with Gasteiger partial charge in [0.1, 0.15) is 5.82 Å². The molecule has 0 bridgehead atoms. The number of ether oxygens (including phenoxy) is 1. The molecule has 1 aliphatic heterocycles. The summed E-state index contributed by atoms with van der Waals surface area (Å²) in [6.07, 6.45) is 2.57. The van der Waals surface area contributed by atoms with Crippen LogP contribution in [0, 0.1) is 0 Å². The van der Waals surface area contributed by atoms with E-state index >= 15 is 0 Å². The molecule has 0 spiro atoms. The van der Waals surface area contributed by atoms with Crippen molar-refractivity contribution in [3.05, 3.63) is 18.2 Å². The van der Waals surface area contributed by atoms with Crippen molar-refractivity contribution < 1.29 is 18.3 Å². The fourth-order valence-electron chi connectivity index (χ4n) is 2.84. The number of carbonyl (C=O) groups excluding carboxylic acids is 1. The minimum absolute atomic E-state index is 0.120. The lowest BCUT2D eigenvalue weighted by molar-refractivity contribution is -0.122. The largest absolute Gasteiger partial charge is 0.379 e. The van der Waals surface area contributed by atoms with Gasteiger partial charge in [-0.1, -0.05) is 0 Å². The highest BCUT2D eigenvalue weighted by atomic mass is 19.3. The maximum Gasteiger partial charge on any atom is 0.319 e. The van der Waals surface area contributed by atoms with Crippen molar-refractivity contribution in [2.45, 2.75) is 32.5 Å². The second kappa shape index (κ2) is 8.68. The molecule has 0 atom stereocenters. The molecule has 7 nitrogen and oxygen atoms in total.